The number of carbonyl (C=O) groups is 1. The second-order valence-corrected chi connectivity index (χ2v) is 5.79. The normalized spacial score (nSPS) is 10.8. The fraction of sp³-hybridized carbons (Fsp3) is 0.611. The van der Waals surface area contributed by atoms with E-state index in [4.69, 9.17) is 5.73 Å². The molecule has 0 heterocycles. The molecule has 0 atom stereocenters. The Morgan fingerprint density at radius 3 is 2.19 bits per heavy atom. The van der Waals surface area contributed by atoms with Gasteiger partial charge in [-0.2, -0.15) is 0 Å². The van der Waals surface area contributed by atoms with Gasteiger partial charge in [0.2, 0.25) is 5.91 Å². The van der Waals surface area contributed by atoms with Gasteiger partial charge in [-0.05, 0) is 43.0 Å². The largest absolute Gasteiger partial charge is 0.366 e. The fourth-order valence-electron chi connectivity index (χ4n) is 2.73. The number of unbranched alkanes of at least 4 members (excludes halogenated alkanes) is 7. The minimum Gasteiger partial charge on any atom is -0.366 e. The van der Waals surface area contributed by atoms with Crippen LogP contribution < -0.4 is 5.73 Å². The standard InChI is InChI=1S/C18H28FNO/c1-3-4-5-6-7-8-9-10-11-15-14(2)16(18(20)21)12-13-17(15)19/h12-13H,3-11H2,1-2H3,(H2,20,21). The molecule has 0 bridgehead atoms. The van der Waals surface area contributed by atoms with E-state index in [0.717, 1.165) is 12.8 Å². The van der Waals surface area contributed by atoms with Crippen molar-refractivity contribution in [3.05, 3.63) is 34.6 Å². The van der Waals surface area contributed by atoms with Crippen LogP contribution in [0, 0.1) is 12.7 Å². The molecular formula is C18H28FNO. The summed E-state index contributed by atoms with van der Waals surface area (Å²) < 4.78 is 13.9. The summed E-state index contributed by atoms with van der Waals surface area (Å²) in [6.07, 6.45) is 10.5. The third-order valence-electron chi connectivity index (χ3n) is 4.09. The first-order valence-electron chi connectivity index (χ1n) is 8.15. The summed E-state index contributed by atoms with van der Waals surface area (Å²) in [6, 6.07) is 2.83. The van der Waals surface area contributed by atoms with Crippen molar-refractivity contribution in [2.24, 2.45) is 5.73 Å². The van der Waals surface area contributed by atoms with Crippen LogP contribution in [0.5, 0.6) is 0 Å². The number of primary amides is 1. The van der Waals surface area contributed by atoms with Gasteiger partial charge in [0.15, 0.2) is 0 Å². The Bertz CT molecular complexity index is 457. The van der Waals surface area contributed by atoms with Crippen molar-refractivity contribution < 1.29 is 9.18 Å². The Morgan fingerprint density at radius 1 is 1.05 bits per heavy atom. The molecule has 1 aromatic carbocycles. The second kappa shape index (κ2) is 9.54. The molecule has 0 fully saturated rings. The Morgan fingerprint density at radius 2 is 1.62 bits per heavy atom. The van der Waals surface area contributed by atoms with E-state index in [2.05, 4.69) is 6.92 Å². The second-order valence-electron chi connectivity index (χ2n) is 5.79. The topological polar surface area (TPSA) is 43.1 Å². The predicted octanol–water partition coefficient (Wildman–Crippen LogP) is 4.92. The van der Waals surface area contributed by atoms with Crippen LogP contribution in [0.15, 0.2) is 12.1 Å². The van der Waals surface area contributed by atoms with E-state index in [1.165, 1.54) is 50.7 Å². The number of hydrogen-bond acceptors (Lipinski definition) is 1. The highest BCUT2D eigenvalue weighted by Gasteiger charge is 2.12. The van der Waals surface area contributed by atoms with E-state index < -0.39 is 5.91 Å². The van der Waals surface area contributed by atoms with Crippen LogP contribution in [0.25, 0.3) is 0 Å². The molecule has 0 aliphatic carbocycles. The van der Waals surface area contributed by atoms with E-state index in [-0.39, 0.29) is 5.82 Å². The molecule has 2 nitrogen and oxygen atoms in total. The summed E-state index contributed by atoms with van der Waals surface area (Å²) in [5.41, 5.74) is 7.09. The highest BCUT2D eigenvalue weighted by molar-refractivity contribution is 5.94. The molecule has 21 heavy (non-hydrogen) atoms. The van der Waals surface area contributed by atoms with Gasteiger partial charge in [-0.25, -0.2) is 4.39 Å². The van der Waals surface area contributed by atoms with Crippen molar-refractivity contribution in [2.75, 3.05) is 0 Å². The molecule has 118 valence electrons. The Balaban J connectivity index is 2.38. The zero-order chi connectivity index (χ0) is 15.7. The van der Waals surface area contributed by atoms with Crippen molar-refractivity contribution in [2.45, 2.75) is 71.6 Å². The Kier molecular flexibility index (Phi) is 8.03. The quantitative estimate of drug-likeness (QED) is 0.611. The van der Waals surface area contributed by atoms with E-state index in [9.17, 15) is 9.18 Å². The first-order chi connectivity index (χ1) is 10.1. The number of hydrogen-bond donors (Lipinski definition) is 1. The monoisotopic (exact) mass is 293 g/mol. The number of rotatable bonds is 10. The van der Waals surface area contributed by atoms with E-state index in [0.29, 0.717) is 23.1 Å². The van der Waals surface area contributed by atoms with Crippen LogP contribution in [-0.4, -0.2) is 5.91 Å². The number of benzene rings is 1. The molecule has 0 aliphatic heterocycles. The van der Waals surface area contributed by atoms with Crippen LogP contribution >= 0.6 is 0 Å². The Labute approximate surface area is 127 Å². The Hall–Kier alpha value is -1.38. The molecule has 0 aliphatic rings. The third kappa shape index (κ3) is 5.86. The summed E-state index contributed by atoms with van der Waals surface area (Å²) in [5, 5.41) is 0. The number of amides is 1. The highest BCUT2D eigenvalue weighted by Crippen LogP contribution is 2.20. The molecule has 1 aromatic rings. The summed E-state index contributed by atoms with van der Waals surface area (Å²) in [5.74, 6) is -0.704. The maximum Gasteiger partial charge on any atom is 0.248 e. The summed E-state index contributed by atoms with van der Waals surface area (Å²) in [4.78, 5) is 11.3. The lowest BCUT2D eigenvalue weighted by Crippen LogP contribution is -2.14. The molecule has 0 saturated heterocycles. The maximum absolute atomic E-state index is 13.9. The number of nitrogens with two attached hydrogens (primary N) is 1. The lowest BCUT2D eigenvalue weighted by Gasteiger charge is -2.10. The molecular weight excluding hydrogens is 265 g/mol. The van der Waals surface area contributed by atoms with Gasteiger partial charge in [-0.3, -0.25) is 4.79 Å². The van der Waals surface area contributed by atoms with Crippen LogP contribution in [0.2, 0.25) is 0 Å². The molecule has 1 rings (SSSR count). The molecule has 0 radical (unpaired) electrons. The first-order valence-corrected chi connectivity index (χ1v) is 8.15. The van der Waals surface area contributed by atoms with Gasteiger partial charge in [0.25, 0.3) is 0 Å². The van der Waals surface area contributed by atoms with Gasteiger partial charge >= 0.3 is 0 Å². The van der Waals surface area contributed by atoms with Gasteiger partial charge in [0.05, 0.1) is 0 Å². The van der Waals surface area contributed by atoms with Crippen molar-refractivity contribution in [1.82, 2.24) is 0 Å². The first kappa shape index (κ1) is 17.7. The van der Waals surface area contributed by atoms with E-state index >= 15 is 0 Å². The number of halogens is 1. The van der Waals surface area contributed by atoms with Gasteiger partial charge in [0.1, 0.15) is 5.82 Å². The molecule has 0 aromatic heterocycles. The smallest absolute Gasteiger partial charge is 0.248 e. The van der Waals surface area contributed by atoms with Crippen molar-refractivity contribution >= 4 is 5.91 Å². The van der Waals surface area contributed by atoms with E-state index in [1.807, 2.05) is 0 Å². The van der Waals surface area contributed by atoms with Crippen molar-refractivity contribution in [3.8, 4) is 0 Å². The number of carbonyl (C=O) groups excluding carboxylic acids is 1. The van der Waals surface area contributed by atoms with Crippen LogP contribution in [-0.2, 0) is 6.42 Å². The minimum atomic E-state index is -0.482. The summed E-state index contributed by atoms with van der Waals surface area (Å²) in [6.45, 7) is 4.00. The van der Waals surface area contributed by atoms with Crippen LogP contribution in [0.4, 0.5) is 4.39 Å². The van der Waals surface area contributed by atoms with Crippen molar-refractivity contribution in [1.29, 1.82) is 0 Å². The lowest BCUT2D eigenvalue weighted by molar-refractivity contribution is 0.0999. The van der Waals surface area contributed by atoms with Gasteiger partial charge in [-0.1, -0.05) is 51.9 Å². The molecule has 0 saturated carbocycles. The van der Waals surface area contributed by atoms with Gasteiger partial charge < -0.3 is 5.73 Å². The van der Waals surface area contributed by atoms with Crippen LogP contribution in [0.1, 0.15) is 79.8 Å². The van der Waals surface area contributed by atoms with Crippen LogP contribution in [0.3, 0.4) is 0 Å². The average Bonchev–Trinajstić information content (AvgIpc) is 2.44. The van der Waals surface area contributed by atoms with Crippen molar-refractivity contribution in [3.63, 3.8) is 0 Å². The predicted molar refractivity (Wildman–Crippen MR) is 86.0 cm³/mol. The SMILES string of the molecule is CCCCCCCCCCc1c(F)ccc(C(N)=O)c1C. The third-order valence-corrected chi connectivity index (χ3v) is 4.09. The summed E-state index contributed by atoms with van der Waals surface area (Å²) in [7, 11) is 0. The van der Waals surface area contributed by atoms with E-state index in [1.54, 1.807) is 6.92 Å². The maximum atomic E-state index is 13.9. The molecule has 2 N–H and O–H groups in total. The molecule has 0 spiro atoms. The fourth-order valence-corrected chi connectivity index (χ4v) is 2.73. The van der Waals surface area contributed by atoms with Gasteiger partial charge in [0, 0.05) is 5.56 Å². The highest BCUT2D eigenvalue weighted by atomic mass is 19.1. The molecule has 3 heteroatoms. The average molecular weight is 293 g/mol. The molecule has 1 amide bonds. The summed E-state index contributed by atoms with van der Waals surface area (Å²) >= 11 is 0. The lowest BCUT2D eigenvalue weighted by atomic mass is 9.96. The zero-order valence-corrected chi connectivity index (χ0v) is 13.4. The van der Waals surface area contributed by atoms with Gasteiger partial charge in [-0.15, -0.1) is 0 Å². The minimum absolute atomic E-state index is 0.222. The molecule has 0 unspecified atom stereocenters. The zero-order valence-electron chi connectivity index (χ0n) is 13.4.